The quantitative estimate of drug-likeness (QED) is 0.780. The summed E-state index contributed by atoms with van der Waals surface area (Å²) in [6, 6.07) is 7.41. The van der Waals surface area contributed by atoms with E-state index in [1.54, 1.807) is 6.92 Å². The highest BCUT2D eigenvalue weighted by molar-refractivity contribution is 7.80. The number of rotatable bonds is 3. The molecule has 0 radical (unpaired) electrons. The lowest BCUT2D eigenvalue weighted by atomic mass is 10.0. The molecule has 0 aliphatic rings. The Morgan fingerprint density at radius 3 is 2.00 bits per heavy atom. The topological polar surface area (TPSA) is 43.1 Å². The lowest BCUT2D eigenvalue weighted by Gasteiger charge is -2.06. The van der Waals surface area contributed by atoms with Crippen LogP contribution in [0.15, 0.2) is 29.2 Å². The number of benzene rings is 1. The Hall–Kier alpha value is -0.960. The number of primary amides is 1. The average molecular weight is 239 g/mol. The van der Waals surface area contributed by atoms with E-state index in [9.17, 15) is 4.79 Å². The van der Waals surface area contributed by atoms with Crippen LogP contribution in [0.3, 0.4) is 0 Å². The highest BCUT2D eigenvalue weighted by atomic mass is 32.1. The summed E-state index contributed by atoms with van der Waals surface area (Å²) in [5, 5.41) is 0. The van der Waals surface area contributed by atoms with Crippen molar-refractivity contribution in [2.24, 2.45) is 5.73 Å². The average Bonchev–Trinajstić information content (AvgIpc) is 2.29. The smallest absolute Gasteiger partial charge is 0.224 e. The Bertz CT molecular complexity index is 306. The number of hydrogen-bond donors (Lipinski definition) is 2. The molecule has 1 amide bonds. The van der Waals surface area contributed by atoms with Gasteiger partial charge in [-0.1, -0.05) is 38.8 Å². The predicted molar refractivity (Wildman–Crippen MR) is 71.9 cm³/mol. The maximum absolute atomic E-state index is 10.8. The molecular formula is C13H21NOS. The lowest BCUT2D eigenvalue weighted by Crippen LogP contribution is -2.18. The molecule has 0 heterocycles. The highest BCUT2D eigenvalue weighted by Gasteiger charge is 2.10. The van der Waals surface area contributed by atoms with Crippen LogP contribution < -0.4 is 5.73 Å². The number of carbonyl (C=O) groups excluding carboxylic acids is 1. The molecule has 0 spiro atoms. The van der Waals surface area contributed by atoms with E-state index in [2.05, 4.69) is 26.5 Å². The second-order valence-electron chi connectivity index (χ2n) is 3.72. The molecule has 0 aromatic heterocycles. The summed E-state index contributed by atoms with van der Waals surface area (Å²) < 4.78 is 0. The molecule has 0 fully saturated rings. The van der Waals surface area contributed by atoms with Crippen LogP contribution in [0.1, 0.15) is 45.1 Å². The van der Waals surface area contributed by atoms with Gasteiger partial charge in [-0.25, -0.2) is 0 Å². The maximum atomic E-state index is 10.8. The molecule has 2 N–H and O–H groups in total. The van der Waals surface area contributed by atoms with E-state index < -0.39 is 0 Å². The zero-order valence-corrected chi connectivity index (χ0v) is 11.1. The number of unbranched alkanes of at least 4 members (excludes halogenated alkanes) is 1. The molecule has 1 unspecified atom stereocenters. The van der Waals surface area contributed by atoms with Crippen LogP contribution in [0, 0.1) is 0 Å². The van der Waals surface area contributed by atoms with Crippen molar-refractivity contribution in [3.63, 3.8) is 0 Å². The van der Waals surface area contributed by atoms with Crippen LogP contribution >= 0.6 is 12.6 Å². The third kappa shape index (κ3) is 5.81. The Morgan fingerprint density at radius 2 is 1.69 bits per heavy atom. The van der Waals surface area contributed by atoms with E-state index >= 15 is 0 Å². The molecule has 0 aliphatic heterocycles. The molecule has 0 aliphatic carbocycles. The summed E-state index contributed by atoms with van der Waals surface area (Å²) in [6.45, 7) is 6.15. The number of amides is 1. The van der Waals surface area contributed by atoms with Gasteiger partial charge in [0.2, 0.25) is 5.91 Å². The fraction of sp³-hybridized carbons (Fsp3) is 0.462. The SMILES string of the molecule is CC(C(N)=O)c1ccc(S)cc1.CCCC. The van der Waals surface area contributed by atoms with Crippen molar-refractivity contribution in [1.82, 2.24) is 0 Å². The molecule has 1 rings (SSSR count). The second-order valence-corrected chi connectivity index (χ2v) is 4.23. The van der Waals surface area contributed by atoms with Crippen LogP contribution in [0.4, 0.5) is 0 Å². The van der Waals surface area contributed by atoms with Crippen molar-refractivity contribution in [2.45, 2.75) is 44.4 Å². The number of nitrogens with two attached hydrogens (primary N) is 1. The first-order valence-corrected chi connectivity index (χ1v) is 6.05. The Morgan fingerprint density at radius 1 is 1.25 bits per heavy atom. The molecule has 1 aromatic rings. The summed E-state index contributed by atoms with van der Waals surface area (Å²) in [5.41, 5.74) is 6.08. The zero-order chi connectivity index (χ0) is 12.6. The summed E-state index contributed by atoms with van der Waals surface area (Å²) in [7, 11) is 0. The molecule has 90 valence electrons. The molecule has 2 nitrogen and oxygen atoms in total. The zero-order valence-electron chi connectivity index (χ0n) is 10.2. The van der Waals surface area contributed by atoms with Gasteiger partial charge in [0.1, 0.15) is 0 Å². The fourth-order valence-electron chi connectivity index (χ4n) is 0.927. The van der Waals surface area contributed by atoms with Crippen LogP contribution in [0.5, 0.6) is 0 Å². The Kier molecular flexibility index (Phi) is 7.73. The Labute approximate surface area is 104 Å². The lowest BCUT2D eigenvalue weighted by molar-refractivity contribution is -0.119. The summed E-state index contributed by atoms with van der Waals surface area (Å²) in [5.74, 6) is -0.527. The van der Waals surface area contributed by atoms with E-state index in [4.69, 9.17) is 5.73 Å². The predicted octanol–water partition coefficient (Wildman–Crippen LogP) is 3.37. The van der Waals surface area contributed by atoms with E-state index in [-0.39, 0.29) is 11.8 Å². The van der Waals surface area contributed by atoms with Gasteiger partial charge in [0.15, 0.2) is 0 Å². The van der Waals surface area contributed by atoms with Gasteiger partial charge in [-0.15, -0.1) is 12.6 Å². The minimum atomic E-state index is -0.304. The van der Waals surface area contributed by atoms with E-state index in [0.29, 0.717) is 0 Å². The van der Waals surface area contributed by atoms with E-state index in [0.717, 1.165) is 10.5 Å². The maximum Gasteiger partial charge on any atom is 0.224 e. The molecule has 0 saturated carbocycles. The second kappa shape index (κ2) is 8.22. The molecule has 1 aromatic carbocycles. The summed E-state index contributed by atoms with van der Waals surface area (Å²) in [4.78, 5) is 11.7. The van der Waals surface area contributed by atoms with Crippen LogP contribution in [0.25, 0.3) is 0 Å². The van der Waals surface area contributed by atoms with Gasteiger partial charge in [0.05, 0.1) is 5.92 Å². The van der Waals surface area contributed by atoms with Crippen LogP contribution in [-0.4, -0.2) is 5.91 Å². The third-order valence-corrected chi connectivity index (χ3v) is 2.62. The first kappa shape index (κ1) is 15.0. The van der Waals surface area contributed by atoms with Crippen LogP contribution in [0.2, 0.25) is 0 Å². The van der Waals surface area contributed by atoms with Crippen molar-refractivity contribution in [3.05, 3.63) is 29.8 Å². The highest BCUT2D eigenvalue weighted by Crippen LogP contribution is 2.16. The van der Waals surface area contributed by atoms with E-state index in [1.165, 1.54) is 12.8 Å². The summed E-state index contributed by atoms with van der Waals surface area (Å²) >= 11 is 4.14. The van der Waals surface area contributed by atoms with E-state index in [1.807, 2.05) is 24.3 Å². The number of carbonyl (C=O) groups is 1. The van der Waals surface area contributed by atoms with Crippen molar-refractivity contribution >= 4 is 18.5 Å². The number of thiol groups is 1. The fourth-order valence-corrected chi connectivity index (χ4v) is 1.08. The molecule has 3 heteroatoms. The summed E-state index contributed by atoms with van der Waals surface area (Å²) in [6.07, 6.45) is 2.64. The van der Waals surface area contributed by atoms with Gasteiger partial charge in [0.25, 0.3) is 0 Å². The van der Waals surface area contributed by atoms with Gasteiger partial charge in [-0.3, -0.25) is 4.79 Å². The van der Waals surface area contributed by atoms with Crippen molar-refractivity contribution in [3.8, 4) is 0 Å². The molecular weight excluding hydrogens is 218 g/mol. The van der Waals surface area contributed by atoms with Crippen molar-refractivity contribution < 1.29 is 4.79 Å². The van der Waals surface area contributed by atoms with Gasteiger partial charge in [-0.05, 0) is 24.6 Å². The Balaban J connectivity index is 0.000000487. The van der Waals surface area contributed by atoms with Crippen molar-refractivity contribution in [1.29, 1.82) is 0 Å². The van der Waals surface area contributed by atoms with Crippen LogP contribution in [-0.2, 0) is 4.79 Å². The minimum absolute atomic E-state index is 0.223. The molecule has 0 bridgehead atoms. The third-order valence-electron chi connectivity index (χ3n) is 2.32. The minimum Gasteiger partial charge on any atom is -0.369 e. The standard InChI is InChI=1S/C9H11NOS.C4H10/c1-6(9(10)11)7-2-4-8(12)5-3-7;1-3-4-2/h2-6,12H,1H3,(H2,10,11);3-4H2,1-2H3. The number of hydrogen-bond acceptors (Lipinski definition) is 2. The first-order valence-electron chi connectivity index (χ1n) is 5.61. The molecule has 1 atom stereocenters. The van der Waals surface area contributed by atoms with Gasteiger partial charge >= 0.3 is 0 Å². The molecule has 0 saturated heterocycles. The molecule has 16 heavy (non-hydrogen) atoms. The first-order chi connectivity index (χ1) is 7.52. The monoisotopic (exact) mass is 239 g/mol. The van der Waals surface area contributed by atoms with Crippen molar-refractivity contribution in [2.75, 3.05) is 0 Å². The van der Waals surface area contributed by atoms with Gasteiger partial charge in [-0.2, -0.15) is 0 Å². The van der Waals surface area contributed by atoms with Gasteiger partial charge in [0, 0.05) is 4.90 Å². The van der Waals surface area contributed by atoms with Gasteiger partial charge < -0.3 is 5.73 Å². The normalized spacial score (nSPS) is 11.2. The largest absolute Gasteiger partial charge is 0.369 e.